The van der Waals surface area contributed by atoms with Crippen molar-refractivity contribution in [3.05, 3.63) is 0 Å². The summed E-state index contributed by atoms with van der Waals surface area (Å²) in [5.41, 5.74) is 0. The Morgan fingerprint density at radius 3 is 2.92 bits per heavy atom. The summed E-state index contributed by atoms with van der Waals surface area (Å²) in [5.74, 6) is -0.508. The summed E-state index contributed by atoms with van der Waals surface area (Å²) in [6.07, 6.45) is 2.02. The van der Waals surface area contributed by atoms with Crippen LogP contribution in [-0.4, -0.2) is 47.3 Å². The molecular formula is C8H15NO3. The van der Waals surface area contributed by atoms with Crippen molar-refractivity contribution in [3.8, 4) is 0 Å². The number of aliphatic carboxylic acids is 1. The molecule has 1 aliphatic rings. The molecule has 0 aromatic heterocycles. The SMILES string of the molecule is O=C(O)CN1CCC[C@@H](CO)C1. The first-order chi connectivity index (χ1) is 5.72. The third-order valence-electron chi connectivity index (χ3n) is 2.22. The average molecular weight is 173 g/mol. The average Bonchev–Trinajstić information content (AvgIpc) is 2.03. The molecule has 0 aliphatic carbocycles. The molecule has 12 heavy (non-hydrogen) atoms. The molecule has 1 saturated heterocycles. The quantitative estimate of drug-likeness (QED) is 0.619. The lowest BCUT2D eigenvalue weighted by atomic mass is 9.99. The molecule has 0 spiro atoms. The summed E-state index contributed by atoms with van der Waals surface area (Å²) in [4.78, 5) is 12.2. The van der Waals surface area contributed by atoms with E-state index in [9.17, 15) is 4.79 Å². The Labute approximate surface area is 71.8 Å². The molecule has 4 heteroatoms. The Hall–Kier alpha value is -0.610. The van der Waals surface area contributed by atoms with Gasteiger partial charge in [-0.05, 0) is 25.3 Å². The van der Waals surface area contributed by atoms with Gasteiger partial charge in [-0.25, -0.2) is 0 Å². The van der Waals surface area contributed by atoms with Gasteiger partial charge in [0.25, 0.3) is 0 Å². The maximum atomic E-state index is 10.4. The highest BCUT2D eigenvalue weighted by molar-refractivity contribution is 5.69. The van der Waals surface area contributed by atoms with Crippen LogP contribution in [0.2, 0.25) is 0 Å². The lowest BCUT2D eigenvalue weighted by Crippen LogP contribution is -2.39. The smallest absolute Gasteiger partial charge is 0.317 e. The largest absolute Gasteiger partial charge is 0.480 e. The third-order valence-corrected chi connectivity index (χ3v) is 2.22. The van der Waals surface area contributed by atoms with Gasteiger partial charge in [-0.1, -0.05) is 0 Å². The Morgan fingerprint density at radius 1 is 1.58 bits per heavy atom. The molecule has 0 aromatic carbocycles. The fourth-order valence-corrected chi connectivity index (χ4v) is 1.64. The number of rotatable bonds is 3. The number of hydrogen-bond donors (Lipinski definition) is 2. The van der Waals surface area contributed by atoms with Crippen LogP contribution >= 0.6 is 0 Å². The van der Waals surface area contributed by atoms with Crippen molar-refractivity contribution in [2.75, 3.05) is 26.2 Å². The van der Waals surface area contributed by atoms with E-state index in [1.807, 2.05) is 4.90 Å². The lowest BCUT2D eigenvalue weighted by Gasteiger charge is -2.30. The van der Waals surface area contributed by atoms with Crippen molar-refractivity contribution >= 4 is 5.97 Å². The Balaban J connectivity index is 2.30. The molecule has 0 radical (unpaired) electrons. The molecule has 0 unspecified atom stereocenters. The van der Waals surface area contributed by atoms with E-state index in [0.717, 1.165) is 25.9 Å². The van der Waals surface area contributed by atoms with Gasteiger partial charge in [-0.3, -0.25) is 9.69 Å². The summed E-state index contributed by atoms with van der Waals surface area (Å²) in [5, 5.41) is 17.4. The zero-order chi connectivity index (χ0) is 8.97. The van der Waals surface area contributed by atoms with Gasteiger partial charge in [0.2, 0.25) is 0 Å². The first-order valence-corrected chi connectivity index (χ1v) is 4.27. The van der Waals surface area contributed by atoms with E-state index >= 15 is 0 Å². The molecule has 1 atom stereocenters. The van der Waals surface area contributed by atoms with E-state index < -0.39 is 5.97 Å². The molecule has 1 fully saturated rings. The number of nitrogens with zero attached hydrogens (tertiary/aromatic N) is 1. The molecule has 1 heterocycles. The number of carbonyl (C=O) groups is 1. The number of carboxylic acids is 1. The van der Waals surface area contributed by atoms with E-state index in [1.165, 1.54) is 0 Å². The van der Waals surface area contributed by atoms with E-state index in [0.29, 0.717) is 0 Å². The maximum absolute atomic E-state index is 10.4. The van der Waals surface area contributed by atoms with Crippen LogP contribution in [0.15, 0.2) is 0 Å². The van der Waals surface area contributed by atoms with E-state index in [2.05, 4.69) is 0 Å². The molecule has 2 N–H and O–H groups in total. The first-order valence-electron chi connectivity index (χ1n) is 4.27. The monoisotopic (exact) mass is 173 g/mol. The zero-order valence-electron chi connectivity index (χ0n) is 7.07. The van der Waals surface area contributed by atoms with Crippen LogP contribution in [-0.2, 0) is 4.79 Å². The number of likely N-dealkylation sites (tertiary alicyclic amines) is 1. The fraction of sp³-hybridized carbons (Fsp3) is 0.875. The summed E-state index contributed by atoms with van der Waals surface area (Å²) in [6.45, 7) is 1.86. The Kier molecular flexibility index (Phi) is 3.49. The molecule has 0 saturated carbocycles. The first kappa shape index (κ1) is 9.48. The van der Waals surface area contributed by atoms with Gasteiger partial charge >= 0.3 is 5.97 Å². The van der Waals surface area contributed by atoms with Crippen LogP contribution < -0.4 is 0 Å². The summed E-state index contributed by atoms with van der Waals surface area (Å²) < 4.78 is 0. The van der Waals surface area contributed by atoms with Crippen molar-refractivity contribution < 1.29 is 15.0 Å². The summed E-state index contributed by atoms with van der Waals surface area (Å²) >= 11 is 0. The fourth-order valence-electron chi connectivity index (χ4n) is 1.64. The molecular weight excluding hydrogens is 158 g/mol. The zero-order valence-corrected chi connectivity index (χ0v) is 7.07. The minimum absolute atomic E-state index is 0.108. The van der Waals surface area contributed by atoms with Crippen LogP contribution in [0.3, 0.4) is 0 Å². The van der Waals surface area contributed by atoms with Gasteiger partial charge in [-0.2, -0.15) is 0 Å². The van der Waals surface area contributed by atoms with Crippen molar-refractivity contribution in [1.82, 2.24) is 4.90 Å². The summed E-state index contributed by atoms with van der Waals surface area (Å²) in [7, 11) is 0. The molecule has 1 aliphatic heterocycles. The molecule has 1 rings (SSSR count). The highest BCUT2D eigenvalue weighted by Crippen LogP contribution is 2.14. The van der Waals surface area contributed by atoms with E-state index in [4.69, 9.17) is 10.2 Å². The number of hydrogen-bond acceptors (Lipinski definition) is 3. The van der Waals surface area contributed by atoms with Crippen LogP contribution in [0.5, 0.6) is 0 Å². The van der Waals surface area contributed by atoms with Crippen molar-refractivity contribution in [2.45, 2.75) is 12.8 Å². The number of aliphatic hydroxyl groups is 1. The topological polar surface area (TPSA) is 60.8 Å². The van der Waals surface area contributed by atoms with Crippen LogP contribution in [0.25, 0.3) is 0 Å². The highest BCUT2D eigenvalue weighted by atomic mass is 16.4. The number of aliphatic hydroxyl groups excluding tert-OH is 1. The predicted octanol–water partition coefficient (Wildman–Crippen LogP) is -0.225. The second-order valence-electron chi connectivity index (χ2n) is 3.32. The molecule has 0 amide bonds. The third kappa shape index (κ3) is 2.79. The van der Waals surface area contributed by atoms with E-state index in [-0.39, 0.29) is 19.1 Å². The van der Waals surface area contributed by atoms with Gasteiger partial charge in [0, 0.05) is 13.2 Å². The highest BCUT2D eigenvalue weighted by Gasteiger charge is 2.20. The van der Waals surface area contributed by atoms with Gasteiger partial charge in [0.1, 0.15) is 0 Å². The van der Waals surface area contributed by atoms with Gasteiger partial charge in [0.15, 0.2) is 0 Å². The van der Waals surface area contributed by atoms with Crippen molar-refractivity contribution in [1.29, 1.82) is 0 Å². The number of piperidine rings is 1. The molecule has 0 bridgehead atoms. The van der Waals surface area contributed by atoms with Gasteiger partial charge in [-0.15, -0.1) is 0 Å². The second-order valence-corrected chi connectivity index (χ2v) is 3.32. The van der Waals surface area contributed by atoms with E-state index in [1.54, 1.807) is 0 Å². The van der Waals surface area contributed by atoms with Crippen molar-refractivity contribution in [2.24, 2.45) is 5.92 Å². The minimum atomic E-state index is -0.784. The Morgan fingerprint density at radius 2 is 2.33 bits per heavy atom. The van der Waals surface area contributed by atoms with Crippen LogP contribution in [0.1, 0.15) is 12.8 Å². The molecule has 4 nitrogen and oxygen atoms in total. The maximum Gasteiger partial charge on any atom is 0.317 e. The molecule has 0 aromatic rings. The van der Waals surface area contributed by atoms with Gasteiger partial charge in [0.05, 0.1) is 6.54 Å². The van der Waals surface area contributed by atoms with Crippen LogP contribution in [0, 0.1) is 5.92 Å². The lowest BCUT2D eigenvalue weighted by molar-refractivity contribution is -0.138. The van der Waals surface area contributed by atoms with Crippen molar-refractivity contribution in [3.63, 3.8) is 0 Å². The predicted molar refractivity (Wildman–Crippen MR) is 43.9 cm³/mol. The second kappa shape index (κ2) is 4.42. The normalized spacial score (nSPS) is 25.6. The summed E-state index contributed by atoms with van der Waals surface area (Å²) in [6, 6.07) is 0. The van der Waals surface area contributed by atoms with Gasteiger partial charge < -0.3 is 10.2 Å². The molecule has 70 valence electrons. The standard InChI is InChI=1S/C8H15NO3/c10-6-7-2-1-3-9(4-7)5-8(11)12/h7,10H,1-6H2,(H,11,12)/t7-/m1/s1. The number of carboxylic acid groups (broad SMARTS) is 1. The Bertz CT molecular complexity index is 160. The van der Waals surface area contributed by atoms with Crippen LogP contribution in [0.4, 0.5) is 0 Å². The minimum Gasteiger partial charge on any atom is -0.480 e.